The number of rotatable bonds is 7. The minimum Gasteiger partial charge on any atom is -0.368 e. The average Bonchev–Trinajstić information content (AvgIpc) is 3.24. The molecule has 0 bridgehead atoms. The highest BCUT2D eigenvalue weighted by Gasteiger charge is 2.20. The van der Waals surface area contributed by atoms with E-state index >= 15 is 0 Å². The third kappa shape index (κ3) is 4.60. The number of hydrogen-bond acceptors (Lipinski definition) is 4. The molecule has 8 heteroatoms. The molecule has 2 heterocycles. The summed E-state index contributed by atoms with van der Waals surface area (Å²) in [6.45, 7) is 4.59. The number of aromatic nitrogens is 4. The van der Waals surface area contributed by atoms with E-state index in [1.807, 2.05) is 36.7 Å². The SMILES string of the molecule is Cc1cc(C)n(Cc2ccc(C(=O)N[C@@H](Cc3cnc[nH]3)C(N)=O)cc2)n1. The summed E-state index contributed by atoms with van der Waals surface area (Å²) in [5, 5.41) is 7.11. The van der Waals surface area contributed by atoms with E-state index in [1.165, 1.54) is 6.33 Å². The Morgan fingerprint density at radius 1 is 1.26 bits per heavy atom. The molecule has 0 fully saturated rings. The first kappa shape index (κ1) is 18.4. The fourth-order valence-corrected chi connectivity index (χ4v) is 2.85. The summed E-state index contributed by atoms with van der Waals surface area (Å²) < 4.78 is 1.91. The molecule has 0 unspecified atom stereocenters. The average molecular weight is 366 g/mol. The number of nitrogens with one attached hydrogen (secondary N) is 2. The molecule has 0 radical (unpaired) electrons. The molecule has 2 aromatic heterocycles. The van der Waals surface area contributed by atoms with E-state index in [-0.39, 0.29) is 12.3 Å². The molecule has 2 amide bonds. The van der Waals surface area contributed by atoms with Gasteiger partial charge in [-0.3, -0.25) is 14.3 Å². The van der Waals surface area contributed by atoms with Crippen LogP contribution in [0.5, 0.6) is 0 Å². The lowest BCUT2D eigenvalue weighted by Gasteiger charge is -2.15. The molecular formula is C19H22N6O2. The fourth-order valence-electron chi connectivity index (χ4n) is 2.85. The lowest BCUT2D eigenvalue weighted by molar-refractivity contribution is -0.119. The summed E-state index contributed by atoms with van der Waals surface area (Å²) >= 11 is 0. The Morgan fingerprint density at radius 2 is 2.00 bits per heavy atom. The first-order valence-corrected chi connectivity index (χ1v) is 8.60. The van der Waals surface area contributed by atoms with Crippen LogP contribution in [0.2, 0.25) is 0 Å². The van der Waals surface area contributed by atoms with Gasteiger partial charge in [0.25, 0.3) is 5.91 Å². The van der Waals surface area contributed by atoms with Crippen molar-refractivity contribution in [2.24, 2.45) is 5.73 Å². The highest BCUT2D eigenvalue weighted by molar-refractivity contribution is 5.97. The van der Waals surface area contributed by atoms with E-state index in [0.29, 0.717) is 12.1 Å². The van der Waals surface area contributed by atoms with Gasteiger partial charge in [-0.2, -0.15) is 5.10 Å². The van der Waals surface area contributed by atoms with Crippen molar-refractivity contribution in [1.29, 1.82) is 0 Å². The van der Waals surface area contributed by atoms with E-state index in [0.717, 1.165) is 22.6 Å². The van der Waals surface area contributed by atoms with E-state index in [2.05, 4.69) is 20.4 Å². The van der Waals surface area contributed by atoms with E-state index in [1.54, 1.807) is 18.3 Å². The molecule has 0 spiro atoms. The third-order valence-corrected chi connectivity index (χ3v) is 4.28. The zero-order valence-corrected chi connectivity index (χ0v) is 15.3. The van der Waals surface area contributed by atoms with Gasteiger partial charge in [-0.15, -0.1) is 0 Å². The highest BCUT2D eigenvalue weighted by atomic mass is 16.2. The van der Waals surface area contributed by atoms with Gasteiger partial charge >= 0.3 is 0 Å². The van der Waals surface area contributed by atoms with Crippen molar-refractivity contribution in [2.45, 2.75) is 32.9 Å². The lowest BCUT2D eigenvalue weighted by atomic mass is 10.1. The van der Waals surface area contributed by atoms with Gasteiger partial charge in [-0.05, 0) is 37.6 Å². The second-order valence-corrected chi connectivity index (χ2v) is 6.49. The summed E-state index contributed by atoms with van der Waals surface area (Å²) in [7, 11) is 0. The van der Waals surface area contributed by atoms with Crippen LogP contribution in [0.1, 0.15) is 33.0 Å². The maximum absolute atomic E-state index is 12.5. The van der Waals surface area contributed by atoms with Crippen molar-refractivity contribution in [1.82, 2.24) is 25.1 Å². The normalized spacial score (nSPS) is 11.9. The Labute approximate surface area is 156 Å². The van der Waals surface area contributed by atoms with Crippen LogP contribution in [0, 0.1) is 13.8 Å². The molecular weight excluding hydrogens is 344 g/mol. The van der Waals surface area contributed by atoms with Gasteiger partial charge in [0.1, 0.15) is 6.04 Å². The Hall–Kier alpha value is -3.42. The van der Waals surface area contributed by atoms with Crippen molar-refractivity contribution >= 4 is 11.8 Å². The number of amides is 2. The predicted octanol–water partition coefficient (Wildman–Crippen LogP) is 1.10. The second kappa shape index (κ2) is 7.86. The third-order valence-electron chi connectivity index (χ3n) is 4.28. The number of benzene rings is 1. The van der Waals surface area contributed by atoms with Crippen LogP contribution in [0.4, 0.5) is 0 Å². The Bertz CT molecular complexity index is 928. The van der Waals surface area contributed by atoms with E-state index < -0.39 is 11.9 Å². The van der Waals surface area contributed by atoms with Crippen LogP contribution < -0.4 is 11.1 Å². The van der Waals surface area contributed by atoms with Gasteiger partial charge < -0.3 is 16.0 Å². The number of primary amides is 1. The van der Waals surface area contributed by atoms with Gasteiger partial charge in [0, 0.05) is 29.6 Å². The zero-order chi connectivity index (χ0) is 19.4. The van der Waals surface area contributed by atoms with Gasteiger partial charge in [-0.25, -0.2) is 4.98 Å². The van der Waals surface area contributed by atoms with Crippen molar-refractivity contribution in [3.05, 3.63) is 71.1 Å². The van der Waals surface area contributed by atoms with Gasteiger partial charge in [-0.1, -0.05) is 12.1 Å². The number of aryl methyl sites for hydroxylation is 2. The van der Waals surface area contributed by atoms with E-state index in [4.69, 9.17) is 5.73 Å². The fraction of sp³-hybridized carbons (Fsp3) is 0.263. The molecule has 0 aliphatic heterocycles. The number of nitrogens with two attached hydrogens (primary N) is 1. The highest BCUT2D eigenvalue weighted by Crippen LogP contribution is 2.10. The van der Waals surface area contributed by atoms with Gasteiger partial charge in [0.2, 0.25) is 5.91 Å². The van der Waals surface area contributed by atoms with Crippen molar-refractivity contribution < 1.29 is 9.59 Å². The molecule has 1 aromatic carbocycles. The number of hydrogen-bond donors (Lipinski definition) is 3. The quantitative estimate of drug-likeness (QED) is 0.580. The lowest BCUT2D eigenvalue weighted by Crippen LogP contribution is -2.45. The number of aromatic amines is 1. The van der Waals surface area contributed by atoms with E-state index in [9.17, 15) is 9.59 Å². The standard InChI is InChI=1S/C19H22N6O2/c1-12-7-13(2)25(24-12)10-14-3-5-15(6-4-14)19(27)23-17(18(20)26)8-16-9-21-11-22-16/h3-7,9,11,17H,8,10H2,1-2H3,(H2,20,26)(H,21,22)(H,23,27)/t17-/m0/s1. The number of H-pyrrole nitrogens is 1. The molecule has 1 atom stereocenters. The first-order valence-electron chi connectivity index (χ1n) is 8.60. The smallest absolute Gasteiger partial charge is 0.251 e. The molecule has 140 valence electrons. The maximum Gasteiger partial charge on any atom is 0.251 e. The topological polar surface area (TPSA) is 119 Å². The number of imidazole rings is 1. The zero-order valence-electron chi connectivity index (χ0n) is 15.3. The summed E-state index contributed by atoms with van der Waals surface area (Å²) in [5.41, 5.74) is 9.67. The van der Waals surface area contributed by atoms with Crippen molar-refractivity contribution in [2.75, 3.05) is 0 Å². The molecule has 0 aliphatic rings. The molecule has 3 aromatic rings. The summed E-state index contributed by atoms with van der Waals surface area (Å²) in [5.74, 6) is -0.949. The molecule has 3 rings (SSSR count). The van der Waals surface area contributed by atoms with Crippen LogP contribution in [0.3, 0.4) is 0 Å². The van der Waals surface area contributed by atoms with Crippen LogP contribution in [-0.4, -0.2) is 37.6 Å². The van der Waals surface area contributed by atoms with Crippen molar-refractivity contribution in [3.63, 3.8) is 0 Å². The molecule has 0 saturated heterocycles. The number of carbonyl (C=O) groups is 2. The minimum atomic E-state index is -0.813. The van der Waals surface area contributed by atoms with Crippen LogP contribution >= 0.6 is 0 Å². The van der Waals surface area contributed by atoms with Crippen molar-refractivity contribution in [3.8, 4) is 0 Å². The molecule has 0 saturated carbocycles. The Morgan fingerprint density at radius 3 is 2.56 bits per heavy atom. The van der Waals surface area contributed by atoms with Gasteiger partial charge in [0.05, 0.1) is 18.6 Å². The molecule has 0 aliphatic carbocycles. The Kier molecular flexibility index (Phi) is 5.35. The summed E-state index contributed by atoms with van der Waals surface area (Å²) in [4.78, 5) is 30.9. The minimum absolute atomic E-state index is 0.261. The second-order valence-electron chi connectivity index (χ2n) is 6.49. The first-order chi connectivity index (χ1) is 12.9. The largest absolute Gasteiger partial charge is 0.368 e. The van der Waals surface area contributed by atoms with Crippen LogP contribution in [0.15, 0.2) is 42.9 Å². The Balaban J connectivity index is 1.65. The monoisotopic (exact) mass is 366 g/mol. The summed E-state index contributed by atoms with van der Waals surface area (Å²) in [6, 6.07) is 8.41. The van der Waals surface area contributed by atoms with Crippen LogP contribution in [0.25, 0.3) is 0 Å². The summed E-state index contributed by atoms with van der Waals surface area (Å²) in [6.07, 6.45) is 3.36. The number of nitrogens with zero attached hydrogens (tertiary/aromatic N) is 3. The number of carbonyl (C=O) groups excluding carboxylic acids is 2. The van der Waals surface area contributed by atoms with Gasteiger partial charge in [0.15, 0.2) is 0 Å². The maximum atomic E-state index is 12.5. The molecule has 8 nitrogen and oxygen atoms in total. The predicted molar refractivity (Wildman–Crippen MR) is 100.0 cm³/mol. The molecule has 4 N–H and O–H groups in total. The molecule has 27 heavy (non-hydrogen) atoms. The van der Waals surface area contributed by atoms with Crippen LogP contribution in [-0.2, 0) is 17.8 Å².